The lowest BCUT2D eigenvalue weighted by Crippen LogP contribution is -2.76. The Labute approximate surface area is 192 Å². The second-order valence-electron chi connectivity index (χ2n) is 8.73. The van der Waals surface area contributed by atoms with Crippen LogP contribution in [0.5, 0.6) is 0 Å². The van der Waals surface area contributed by atoms with Gasteiger partial charge in [-0.3, -0.25) is 20.2 Å². The van der Waals surface area contributed by atoms with E-state index in [-0.39, 0.29) is 35.3 Å². The van der Waals surface area contributed by atoms with Gasteiger partial charge in [-0.05, 0) is 25.5 Å². The van der Waals surface area contributed by atoms with Gasteiger partial charge in [0.25, 0.3) is 0 Å². The maximum atomic E-state index is 15.6. The van der Waals surface area contributed by atoms with Crippen LogP contribution in [0.4, 0.5) is 19.3 Å². The maximum absolute atomic E-state index is 15.6. The summed E-state index contributed by atoms with van der Waals surface area (Å²) in [5.74, 6) is -3.64. The Balaban J connectivity index is 1.75. The number of ether oxygens (including phenoxy) is 1. The Bertz CT molecular complexity index is 1200. The Morgan fingerprint density at radius 3 is 2.44 bits per heavy atom. The molecule has 0 radical (unpaired) electrons. The van der Waals surface area contributed by atoms with E-state index >= 15 is 8.78 Å². The number of nitrogens with zero attached hydrogens (tertiary/aromatic N) is 3. The van der Waals surface area contributed by atoms with E-state index in [2.05, 4.69) is 20.6 Å². The van der Waals surface area contributed by atoms with Crippen molar-refractivity contribution in [2.75, 3.05) is 18.1 Å². The van der Waals surface area contributed by atoms with Crippen LogP contribution in [0.25, 0.3) is 11.1 Å². The Hall–Kier alpha value is -3.51. The predicted octanol–water partition coefficient (Wildman–Crippen LogP) is 0.593. The molecule has 5 rings (SSSR count). The van der Waals surface area contributed by atoms with Crippen LogP contribution >= 0.6 is 0 Å². The molecule has 4 heterocycles. The summed E-state index contributed by atoms with van der Waals surface area (Å²) in [5.41, 5.74) is -1.76. The number of barbiturate groups is 1. The number of aliphatic hydroxyl groups excluding tert-OH is 1. The van der Waals surface area contributed by atoms with Crippen molar-refractivity contribution in [3.63, 3.8) is 0 Å². The Kier molecular flexibility index (Phi) is 5.10. The first-order valence-corrected chi connectivity index (χ1v) is 10.7. The standard InChI is InChI=1S/C22H21F2N5O5/c1-9-7-29-17-11(3-13(15(23)16(17)24)12-5-25-10(2)26-6-12)4-22(18(29)14(8-30)34-9)19(31)27-21(33)28-20(22)32/h3,5-6,9,14,18,30H,4,7-8H2,1-2H3,(H2,27,28,31,32,33)/t9-,14+,18?/m0/s1. The Morgan fingerprint density at radius 1 is 1.18 bits per heavy atom. The molecule has 178 valence electrons. The second-order valence-corrected chi connectivity index (χ2v) is 8.73. The molecule has 2 fully saturated rings. The highest BCUT2D eigenvalue weighted by Gasteiger charge is 2.64. The molecule has 3 N–H and O–H groups in total. The number of nitrogens with one attached hydrogen (secondary N) is 2. The monoisotopic (exact) mass is 473 g/mol. The van der Waals surface area contributed by atoms with E-state index in [0.29, 0.717) is 5.82 Å². The molecule has 3 atom stereocenters. The first-order chi connectivity index (χ1) is 16.2. The number of benzene rings is 1. The van der Waals surface area contributed by atoms with Crippen LogP contribution in [0, 0.1) is 24.0 Å². The molecule has 2 saturated heterocycles. The fourth-order valence-electron chi connectivity index (χ4n) is 5.22. The number of hydrogen-bond donors (Lipinski definition) is 3. The van der Waals surface area contributed by atoms with E-state index in [4.69, 9.17) is 4.74 Å². The molecule has 0 bridgehead atoms. The smallest absolute Gasteiger partial charge is 0.328 e. The van der Waals surface area contributed by atoms with E-state index in [0.717, 1.165) is 0 Å². The maximum Gasteiger partial charge on any atom is 0.328 e. The number of imide groups is 2. The van der Waals surface area contributed by atoms with Crippen molar-refractivity contribution in [1.29, 1.82) is 0 Å². The fourth-order valence-corrected chi connectivity index (χ4v) is 5.22. The quantitative estimate of drug-likeness (QED) is 0.540. The van der Waals surface area contributed by atoms with Gasteiger partial charge in [-0.15, -0.1) is 0 Å². The SMILES string of the molecule is Cc1ncc(-c2cc3c(c(F)c2F)N2C[C@H](C)O[C@H](CO)C2C2(C3)C(=O)NC(=O)NC2=O)cn1. The lowest BCUT2D eigenvalue weighted by molar-refractivity contribution is -0.156. The lowest BCUT2D eigenvalue weighted by Gasteiger charge is -2.55. The minimum absolute atomic E-state index is 0.0216. The number of halogens is 2. The zero-order chi connectivity index (χ0) is 24.4. The number of aromatic nitrogens is 2. The topological polar surface area (TPSA) is 134 Å². The highest BCUT2D eigenvalue weighted by Crippen LogP contribution is 2.49. The zero-order valence-corrected chi connectivity index (χ0v) is 18.3. The molecule has 10 nitrogen and oxygen atoms in total. The summed E-state index contributed by atoms with van der Waals surface area (Å²) in [7, 11) is 0. The van der Waals surface area contributed by atoms with Crippen molar-refractivity contribution in [3.8, 4) is 11.1 Å². The Morgan fingerprint density at radius 2 is 1.82 bits per heavy atom. The van der Waals surface area contributed by atoms with Gasteiger partial charge < -0.3 is 14.7 Å². The first-order valence-electron chi connectivity index (χ1n) is 10.7. The summed E-state index contributed by atoms with van der Waals surface area (Å²) < 4.78 is 36.7. The summed E-state index contributed by atoms with van der Waals surface area (Å²) in [6.07, 6.45) is 0.755. The molecule has 0 saturated carbocycles. The summed E-state index contributed by atoms with van der Waals surface area (Å²) in [6.45, 7) is 2.76. The number of carbonyl (C=O) groups is 3. The highest BCUT2D eigenvalue weighted by atomic mass is 19.2. The number of rotatable bonds is 2. The third-order valence-corrected chi connectivity index (χ3v) is 6.61. The molecule has 0 aliphatic carbocycles. The van der Waals surface area contributed by atoms with Crippen LogP contribution in [-0.4, -0.2) is 64.3 Å². The summed E-state index contributed by atoms with van der Waals surface area (Å²) in [4.78, 5) is 47.7. The molecule has 3 aliphatic heterocycles. The molecule has 1 aromatic heterocycles. The van der Waals surface area contributed by atoms with Gasteiger partial charge in [0.2, 0.25) is 11.8 Å². The van der Waals surface area contributed by atoms with Crippen molar-refractivity contribution in [2.24, 2.45) is 5.41 Å². The largest absolute Gasteiger partial charge is 0.394 e. The second kappa shape index (κ2) is 7.77. The van der Waals surface area contributed by atoms with Gasteiger partial charge in [-0.25, -0.2) is 23.5 Å². The van der Waals surface area contributed by atoms with Gasteiger partial charge in [0, 0.05) is 36.5 Å². The third-order valence-electron chi connectivity index (χ3n) is 6.61. The van der Waals surface area contributed by atoms with E-state index in [9.17, 15) is 19.5 Å². The fraction of sp³-hybridized carbons (Fsp3) is 0.409. The number of anilines is 1. The van der Waals surface area contributed by atoms with Gasteiger partial charge in [0.15, 0.2) is 17.0 Å². The normalized spacial score (nSPS) is 25.5. The van der Waals surface area contributed by atoms with Crippen molar-refractivity contribution in [1.82, 2.24) is 20.6 Å². The van der Waals surface area contributed by atoms with Crippen LogP contribution in [0.2, 0.25) is 0 Å². The highest BCUT2D eigenvalue weighted by molar-refractivity contribution is 6.20. The number of hydrogen-bond acceptors (Lipinski definition) is 8. The van der Waals surface area contributed by atoms with E-state index in [1.807, 2.05) is 0 Å². The first kappa shape index (κ1) is 22.3. The predicted molar refractivity (Wildman–Crippen MR) is 112 cm³/mol. The lowest BCUT2D eigenvalue weighted by atomic mass is 9.66. The van der Waals surface area contributed by atoms with Crippen molar-refractivity contribution in [3.05, 3.63) is 41.5 Å². The number of morpholine rings is 1. The minimum atomic E-state index is -1.93. The number of aliphatic hydroxyl groups is 1. The molecule has 3 aliphatic rings. The van der Waals surface area contributed by atoms with Gasteiger partial charge in [0.1, 0.15) is 11.9 Å². The van der Waals surface area contributed by atoms with Gasteiger partial charge in [0.05, 0.1) is 24.4 Å². The number of carbonyl (C=O) groups excluding carboxylic acids is 3. The molecule has 2 aromatic rings. The molecule has 1 unspecified atom stereocenters. The van der Waals surface area contributed by atoms with Crippen LogP contribution < -0.4 is 15.5 Å². The van der Waals surface area contributed by atoms with Crippen molar-refractivity contribution >= 4 is 23.5 Å². The molecule has 34 heavy (non-hydrogen) atoms. The van der Waals surface area contributed by atoms with Crippen LogP contribution in [-0.2, 0) is 20.7 Å². The van der Waals surface area contributed by atoms with Crippen molar-refractivity contribution < 1.29 is 33.0 Å². The average molecular weight is 473 g/mol. The zero-order valence-electron chi connectivity index (χ0n) is 18.3. The molecule has 12 heteroatoms. The van der Waals surface area contributed by atoms with Crippen LogP contribution in [0.1, 0.15) is 18.3 Å². The number of fused-ring (bicyclic) bond motifs is 4. The van der Waals surface area contributed by atoms with Crippen LogP contribution in [0.3, 0.4) is 0 Å². The number of amides is 4. The van der Waals surface area contributed by atoms with E-state index in [1.54, 1.807) is 13.8 Å². The van der Waals surface area contributed by atoms with Crippen LogP contribution in [0.15, 0.2) is 18.5 Å². The average Bonchev–Trinajstić information content (AvgIpc) is 2.79. The number of urea groups is 1. The van der Waals surface area contributed by atoms with Crippen molar-refractivity contribution in [2.45, 2.75) is 38.5 Å². The molecular formula is C22H21F2N5O5. The van der Waals surface area contributed by atoms with Gasteiger partial charge in [-0.2, -0.15) is 0 Å². The molecular weight excluding hydrogens is 452 g/mol. The summed E-state index contributed by atoms with van der Waals surface area (Å²) in [5, 5.41) is 14.2. The minimum Gasteiger partial charge on any atom is -0.394 e. The van der Waals surface area contributed by atoms with E-state index in [1.165, 1.54) is 23.4 Å². The third kappa shape index (κ3) is 3.09. The number of aryl methyl sites for hydroxylation is 1. The van der Waals surface area contributed by atoms with Gasteiger partial charge in [-0.1, -0.05) is 0 Å². The summed E-state index contributed by atoms with van der Waals surface area (Å²) in [6, 6.07) is -0.798. The molecule has 1 aromatic carbocycles. The summed E-state index contributed by atoms with van der Waals surface area (Å²) >= 11 is 0. The van der Waals surface area contributed by atoms with E-state index < -0.39 is 59.8 Å². The van der Waals surface area contributed by atoms with Gasteiger partial charge >= 0.3 is 6.03 Å². The molecule has 4 amide bonds. The molecule has 1 spiro atoms.